The maximum atomic E-state index is 13.0. The van der Waals surface area contributed by atoms with Crippen LogP contribution >= 0.6 is 11.6 Å². The number of sulfonamides is 1. The monoisotopic (exact) mass is 436 g/mol. The summed E-state index contributed by atoms with van der Waals surface area (Å²) in [5.41, 5.74) is 1.99. The number of hydrogen-bond acceptors (Lipinski definition) is 4. The Balaban J connectivity index is 1.68. The standard InChI is InChI=1S/C21H25ClN2O4S/c1-15(2)28-13-3-11-23-21(25)17-4-9-20-16(14-17)10-12-24(20)29(26,27)19-7-5-18(22)6-8-19/h4-9,14-15H,3,10-13H2,1-2H3,(H,23,25). The van der Waals surface area contributed by atoms with Gasteiger partial charge in [0.1, 0.15) is 0 Å². The Hall–Kier alpha value is -2.09. The fourth-order valence-electron chi connectivity index (χ4n) is 3.19. The van der Waals surface area contributed by atoms with Gasteiger partial charge in [-0.1, -0.05) is 11.6 Å². The normalized spacial score (nSPS) is 13.6. The molecule has 1 amide bonds. The largest absolute Gasteiger partial charge is 0.379 e. The van der Waals surface area contributed by atoms with E-state index < -0.39 is 10.0 Å². The van der Waals surface area contributed by atoms with Crippen molar-refractivity contribution in [2.75, 3.05) is 24.0 Å². The van der Waals surface area contributed by atoms with E-state index in [1.165, 1.54) is 16.4 Å². The molecule has 1 aliphatic rings. The van der Waals surface area contributed by atoms with Gasteiger partial charge in [0.15, 0.2) is 0 Å². The minimum absolute atomic E-state index is 0.170. The number of carbonyl (C=O) groups is 1. The number of halogens is 1. The van der Waals surface area contributed by atoms with Crippen LogP contribution in [-0.2, 0) is 21.2 Å². The second-order valence-electron chi connectivity index (χ2n) is 7.15. The highest BCUT2D eigenvalue weighted by atomic mass is 35.5. The van der Waals surface area contributed by atoms with Gasteiger partial charge in [0.2, 0.25) is 0 Å². The lowest BCUT2D eigenvalue weighted by Gasteiger charge is -2.19. The Morgan fingerprint density at radius 3 is 2.62 bits per heavy atom. The summed E-state index contributed by atoms with van der Waals surface area (Å²) in [5, 5.41) is 3.36. The first kappa shape index (κ1) is 21.6. The van der Waals surface area contributed by atoms with E-state index in [0.29, 0.717) is 42.4 Å². The van der Waals surface area contributed by atoms with Crippen molar-refractivity contribution in [1.82, 2.24) is 5.32 Å². The zero-order valence-corrected chi connectivity index (χ0v) is 18.1. The van der Waals surface area contributed by atoms with Crippen molar-refractivity contribution in [2.45, 2.75) is 37.7 Å². The number of benzene rings is 2. The van der Waals surface area contributed by atoms with Gasteiger partial charge in [-0.25, -0.2) is 8.42 Å². The molecule has 0 spiro atoms. The first-order valence-corrected chi connectivity index (χ1v) is 11.4. The highest BCUT2D eigenvalue weighted by Crippen LogP contribution is 2.33. The van der Waals surface area contributed by atoms with Crippen molar-refractivity contribution in [3.8, 4) is 0 Å². The number of nitrogens with one attached hydrogen (secondary N) is 1. The molecule has 1 N–H and O–H groups in total. The fourth-order valence-corrected chi connectivity index (χ4v) is 4.82. The molecule has 3 rings (SSSR count). The van der Waals surface area contributed by atoms with Crippen LogP contribution in [0.1, 0.15) is 36.2 Å². The van der Waals surface area contributed by atoms with E-state index in [4.69, 9.17) is 16.3 Å². The van der Waals surface area contributed by atoms with E-state index in [0.717, 1.165) is 12.0 Å². The molecule has 8 heteroatoms. The zero-order chi connectivity index (χ0) is 21.0. The van der Waals surface area contributed by atoms with Crippen LogP contribution in [0.4, 0.5) is 5.69 Å². The third kappa shape index (κ3) is 5.10. The smallest absolute Gasteiger partial charge is 0.264 e. The molecule has 2 aromatic rings. The average Bonchev–Trinajstić information content (AvgIpc) is 3.11. The number of carbonyl (C=O) groups excluding carboxylic acids is 1. The Labute approximate surface area is 176 Å². The molecule has 0 fully saturated rings. The average molecular weight is 437 g/mol. The summed E-state index contributed by atoms with van der Waals surface area (Å²) < 4.78 is 32.8. The molecule has 0 bridgehead atoms. The van der Waals surface area contributed by atoms with E-state index in [1.54, 1.807) is 30.3 Å². The second-order valence-corrected chi connectivity index (χ2v) is 9.45. The van der Waals surface area contributed by atoms with Crippen LogP contribution in [0.3, 0.4) is 0 Å². The maximum absolute atomic E-state index is 13.0. The van der Waals surface area contributed by atoms with Gasteiger partial charge in [-0.15, -0.1) is 0 Å². The van der Waals surface area contributed by atoms with Crippen molar-refractivity contribution in [3.05, 3.63) is 58.6 Å². The molecule has 0 saturated carbocycles. The number of nitrogens with zero attached hydrogens (tertiary/aromatic N) is 1. The third-order valence-electron chi connectivity index (χ3n) is 4.65. The SMILES string of the molecule is CC(C)OCCCNC(=O)c1ccc2c(c1)CCN2S(=O)(=O)c1ccc(Cl)cc1. The number of anilines is 1. The van der Waals surface area contributed by atoms with Crippen molar-refractivity contribution in [3.63, 3.8) is 0 Å². The lowest BCUT2D eigenvalue weighted by atomic mass is 10.1. The Kier molecular flexibility index (Phi) is 6.82. The minimum atomic E-state index is -3.67. The molecule has 0 atom stereocenters. The summed E-state index contributed by atoms with van der Waals surface area (Å²) in [6, 6.07) is 11.3. The quantitative estimate of drug-likeness (QED) is 0.641. The number of amides is 1. The lowest BCUT2D eigenvalue weighted by molar-refractivity contribution is 0.0757. The molecule has 1 heterocycles. The number of fused-ring (bicyclic) bond motifs is 1. The fraction of sp³-hybridized carbons (Fsp3) is 0.381. The summed E-state index contributed by atoms with van der Waals surface area (Å²) in [7, 11) is -3.67. The van der Waals surface area contributed by atoms with Crippen LogP contribution in [-0.4, -0.2) is 40.1 Å². The molecule has 156 valence electrons. The van der Waals surface area contributed by atoms with E-state index in [2.05, 4.69) is 5.32 Å². The van der Waals surface area contributed by atoms with E-state index >= 15 is 0 Å². The Morgan fingerprint density at radius 1 is 1.21 bits per heavy atom. The van der Waals surface area contributed by atoms with Gasteiger partial charge >= 0.3 is 0 Å². The zero-order valence-electron chi connectivity index (χ0n) is 16.5. The predicted octanol–water partition coefficient (Wildman–Crippen LogP) is 3.64. The highest BCUT2D eigenvalue weighted by molar-refractivity contribution is 7.92. The highest BCUT2D eigenvalue weighted by Gasteiger charge is 2.31. The van der Waals surface area contributed by atoms with Crippen LogP contribution in [0.15, 0.2) is 47.4 Å². The number of hydrogen-bond donors (Lipinski definition) is 1. The van der Waals surface area contributed by atoms with Crippen LogP contribution in [0.5, 0.6) is 0 Å². The van der Waals surface area contributed by atoms with Gasteiger partial charge in [0, 0.05) is 30.3 Å². The third-order valence-corrected chi connectivity index (χ3v) is 6.73. The molecule has 0 aliphatic carbocycles. The van der Waals surface area contributed by atoms with Crippen molar-refractivity contribution < 1.29 is 17.9 Å². The first-order chi connectivity index (χ1) is 13.8. The van der Waals surface area contributed by atoms with Crippen molar-refractivity contribution in [2.24, 2.45) is 0 Å². The number of ether oxygens (including phenoxy) is 1. The molecule has 1 aliphatic heterocycles. The molecule has 0 unspecified atom stereocenters. The van der Waals surface area contributed by atoms with E-state index in [1.807, 2.05) is 13.8 Å². The maximum Gasteiger partial charge on any atom is 0.264 e. The molecule has 0 aromatic heterocycles. The molecule has 0 radical (unpaired) electrons. The van der Waals surface area contributed by atoms with Crippen LogP contribution < -0.4 is 9.62 Å². The van der Waals surface area contributed by atoms with Crippen LogP contribution in [0, 0.1) is 0 Å². The minimum Gasteiger partial charge on any atom is -0.379 e. The topological polar surface area (TPSA) is 75.7 Å². The Morgan fingerprint density at radius 2 is 1.93 bits per heavy atom. The molecule has 2 aromatic carbocycles. The first-order valence-electron chi connectivity index (χ1n) is 9.60. The van der Waals surface area contributed by atoms with E-state index in [-0.39, 0.29) is 16.9 Å². The van der Waals surface area contributed by atoms with Gasteiger partial charge in [0.25, 0.3) is 15.9 Å². The summed E-state index contributed by atoms with van der Waals surface area (Å²) in [4.78, 5) is 12.6. The molecular weight excluding hydrogens is 412 g/mol. The molecule has 0 saturated heterocycles. The summed E-state index contributed by atoms with van der Waals surface area (Å²) in [5.74, 6) is -0.170. The number of rotatable bonds is 8. The van der Waals surface area contributed by atoms with Gasteiger partial charge in [-0.05, 0) is 74.7 Å². The van der Waals surface area contributed by atoms with Gasteiger partial charge in [-0.2, -0.15) is 0 Å². The van der Waals surface area contributed by atoms with Crippen LogP contribution in [0.2, 0.25) is 5.02 Å². The van der Waals surface area contributed by atoms with Crippen LogP contribution in [0.25, 0.3) is 0 Å². The second kappa shape index (κ2) is 9.15. The molecule has 29 heavy (non-hydrogen) atoms. The van der Waals surface area contributed by atoms with Crippen molar-refractivity contribution >= 4 is 33.2 Å². The van der Waals surface area contributed by atoms with Crippen molar-refractivity contribution in [1.29, 1.82) is 0 Å². The van der Waals surface area contributed by atoms with Gasteiger partial charge in [-0.3, -0.25) is 9.10 Å². The molecular formula is C21H25ClN2O4S. The molecule has 6 nitrogen and oxygen atoms in total. The van der Waals surface area contributed by atoms with Gasteiger partial charge in [0.05, 0.1) is 16.7 Å². The Bertz CT molecular complexity index is 975. The summed E-state index contributed by atoms with van der Waals surface area (Å²) in [6.07, 6.45) is 1.47. The predicted molar refractivity (Wildman–Crippen MR) is 114 cm³/mol. The van der Waals surface area contributed by atoms with Gasteiger partial charge < -0.3 is 10.1 Å². The van der Waals surface area contributed by atoms with E-state index in [9.17, 15) is 13.2 Å². The summed E-state index contributed by atoms with van der Waals surface area (Å²) in [6.45, 7) is 5.41. The lowest BCUT2D eigenvalue weighted by Crippen LogP contribution is -2.29. The summed E-state index contributed by atoms with van der Waals surface area (Å²) >= 11 is 5.86.